The first-order valence-electron chi connectivity index (χ1n) is 7.48. The molecule has 1 saturated carbocycles. The number of halogens is 3. The van der Waals surface area contributed by atoms with Crippen LogP contribution in [0.25, 0.3) is 0 Å². The lowest BCUT2D eigenvalue weighted by molar-refractivity contribution is -0.127. The molecular formula is C14H25F3N2. The first-order chi connectivity index (χ1) is 8.96. The van der Waals surface area contributed by atoms with Crippen molar-refractivity contribution in [1.82, 2.24) is 10.2 Å². The molecule has 112 valence electrons. The largest absolute Gasteiger partial charge is 0.401 e. The number of likely N-dealkylation sites (tertiary alicyclic amines) is 1. The highest BCUT2D eigenvalue weighted by atomic mass is 19.4. The summed E-state index contributed by atoms with van der Waals surface area (Å²) in [7, 11) is 0. The van der Waals surface area contributed by atoms with E-state index >= 15 is 0 Å². The Labute approximate surface area is 113 Å². The molecule has 19 heavy (non-hydrogen) atoms. The van der Waals surface area contributed by atoms with Crippen LogP contribution in [0.15, 0.2) is 0 Å². The molecule has 2 unspecified atom stereocenters. The topological polar surface area (TPSA) is 15.3 Å². The van der Waals surface area contributed by atoms with E-state index in [0.29, 0.717) is 5.92 Å². The molecule has 0 radical (unpaired) electrons. The predicted octanol–water partition coefficient (Wildman–Crippen LogP) is 3.04. The Hall–Kier alpha value is -0.290. The van der Waals surface area contributed by atoms with Gasteiger partial charge in [-0.25, -0.2) is 0 Å². The van der Waals surface area contributed by atoms with Crippen LogP contribution in [-0.2, 0) is 0 Å². The molecule has 1 heterocycles. The van der Waals surface area contributed by atoms with Gasteiger partial charge in [0, 0.05) is 25.7 Å². The molecule has 2 atom stereocenters. The predicted molar refractivity (Wildman–Crippen MR) is 70.0 cm³/mol. The van der Waals surface area contributed by atoms with Crippen molar-refractivity contribution in [2.24, 2.45) is 11.8 Å². The van der Waals surface area contributed by atoms with Gasteiger partial charge in [-0.1, -0.05) is 19.8 Å². The molecule has 0 aromatic carbocycles. The lowest BCUT2D eigenvalue weighted by Crippen LogP contribution is -2.52. The molecule has 2 fully saturated rings. The van der Waals surface area contributed by atoms with Gasteiger partial charge in [-0.2, -0.15) is 13.2 Å². The van der Waals surface area contributed by atoms with Crippen molar-refractivity contribution in [1.29, 1.82) is 0 Å². The van der Waals surface area contributed by atoms with E-state index < -0.39 is 12.7 Å². The molecule has 0 aromatic heterocycles. The van der Waals surface area contributed by atoms with E-state index in [4.69, 9.17) is 0 Å². The Balaban J connectivity index is 1.80. The lowest BCUT2D eigenvalue weighted by atomic mass is 9.83. The van der Waals surface area contributed by atoms with Crippen molar-refractivity contribution >= 4 is 0 Å². The second-order valence-corrected chi connectivity index (χ2v) is 6.22. The Morgan fingerprint density at radius 3 is 2.42 bits per heavy atom. The van der Waals surface area contributed by atoms with Crippen molar-refractivity contribution in [2.75, 3.05) is 26.2 Å². The summed E-state index contributed by atoms with van der Waals surface area (Å²) in [5, 5.41) is 2.70. The quantitative estimate of drug-likeness (QED) is 0.831. The summed E-state index contributed by atoms with van der Waals surface area (Å²) < 4.78 is 36.9. The zero-order valence-corrected chi connectivity index (χ0v) is 11.7. The van der Waals surface area contributed by atoms with Gasteiger partial charge < -0.3 is 10.2 Å². The molecule has 1 aliphatic heterocycles. The average Bonchev–Trinajstić information content (AvgIpc) is 2.30. The Kier molecular flexibility index (Phi) is 5.12. The van der Waals surface area contributed by atoms with E-state index in [2.05, 4.69) is 17.1 Å². The third kappa shape index (κ3) is 4.95. The summed E-state index contributed by atoms with van der Waals surface area (Å²) >= 11 is 0. The minimum atomic E-state index is -4.10. The number of hydrogen-bond donors (Lipinski definition) is 1. The fraction of sp³-hybridized carbons (Fsp3) is 1.00. The van der Waals surface area contributed by atoms with Crippen molar-refractivity contribution in [3.05, 3.63) is 0 Å². The molecule has 1 aliphatic carbocycles. The van der Waals surface area contributed by atoms with Gasteiger partial charge in [0.05, 0.1) is 6.54 Å². The minimum Gasteiger partial charge on any atom is -0.305 e. The number of hydrogen-bond acceptors (Lipinski definition) is 2. The van der Waals surface area contributed by atoms with E-state index in [9.17, 15) is 13.2 Å². The first-order valence-corrected chi connectivity index (χ1v) is 7.48. The normalized spacial score (nSPS) is 30.3. The summed E-state index contributed by atoms with van der Waals surface area (Å²) in [4.78, 5) is 2.38. The monoisotopic (exact) mass is 278 g/mol. The molecule has 2 rings (SSSR count). The molecule has 2 nitrogen and oxygen atoms in total. The Bertz CT molecular complexity index is 274. The second kappa shape index (κ2) is 6.44. The van der Waals surface area contributed by atoms with Gasteiger partial charge >= 0.3 is 6.18 Å². The van der Waals surface area contributed by atoms with Gasteiger partial charge in [0.1, 0.15) is 0 Å². The van der Waals surface area contributed by atoms with E-state index in [0.717, 1.165) is 38.4 Å². The summed E-state index contributed by atoms with van der Waals surface area (Å²) in [6, 6.07) is 0.000372. The molecule has 0 bridgehead atoms. The second-order valence-electron chi connectivity index (χ2n) is 6.22. The number of alkyl halides is 3. The van der Waals surface area contributed by atoms with Gasteiger partial charge in [0.15, 0.2) is 0 Å². The van der Waals surface area contributed by atoms with Crippen LogP contribution in [-0.4, -0.2) is 43.3 Å². The Morgan fingerprint density at radius 2 is 1.89 bits per heavy atom. The number of nitrogens with zero attached hydrogens (tertiary/aromatic N) is 1. The summed E-state index contributed by atoms with van der Waals surface area (Å²) in [6.07, 6.45) is 1.77. The lowest BCUT2D eigenvalue weighted by Gasteiger charge is -2.41. The third-order valence-electron chi connectivity index (χ3n) is 4.52. The van der Waals surface area contributed by atoms with Gasteiger partial charge in [-0.05, 0) is 31.1 Å². The highest BCUT2D eigenvalue weighted by molar-refractivity contribution is 4.85. The Morgan fingerprint density at radius 1 is 1.16 bits per heavy atom. The highest BCUT2D eigenvalue weighted by Crippen LogP contribution is 2.29. The molecular weight excluding hydrogens is 253 g/mol. The third-order valence-corrected chi connectivity index (χ3v) is 4.52. The summed E-state index contributed by atoms with van der Waals surface area (Å²) in [6.45, 7) is 4.21. The molecule has 2 aliphatic rings. The highest BCUT2D eigenvalue weighted by Gasteiger charge is 2.32. The average molecular weight is 278 g/mol. The van der Waals surface area contributed by atoms with Crippen molar-refractivity contribution in [3.63, 3.8) is 0 Å². The zero-order valence-electron chi connectivity index (χ0n) is 11.7. The number of nitrogens with one attached hydrogen (secondary N) is 1. The molecule has 0 spiro atoms. The molecule has 0 aromatic rings. The van der Waals surface area contributed by atoms with Gasteiger partial charge in [0.2, 0.25) is 0 Å². The van der Waals surface area contributed by atoms with Gasteiger partial charge in [-0.15, -0.1) is 0 Å². The van der Waals surface area contributed by atoms with Crippen LogP contribution in [0.3, 0.4) is 0 Å². The SMILES string of the molecule is CCC1CC(NCC(F)(F)F)CN(CC2CCC2)C1. The van der Waals surface area contributed by atoms with E-state index in [1.54, 1.807) is 0 Å². The molecule has 1 saturated heterocycles. The van der Waals surface area contributed by atoms with E-state index in [-0.39, 0.29) is 6.04 Å². The van der Waals surface area contributed by atoms with Gasteiger partial charge in [0.25, 0.3) is 0 Å². The van der Waals surface area contributed by atoms with E-state index in [1.807, 2.05) is 0 Å². The van der Waals surface area contributed by atoms with Crippen LogP contribution in [0.1, 0.15) is 39.0 Å². The smallest absolute Gasteiger partial charge is 0.305 e. The van der Waals surface area contributed by atoms with Crippen LogP contribution in [0.5, 0.6) is 0 Å². The molecule has 1 N–H and O–H groups in total. The fourth-order valence-corrected chi connectivity index (χ4v) is 3.20. The minimum absolute atomic E-state index is 0.000372. The summed E-state index contributed by atoms with van der Waals surface area (Å²) in [5.41, 5.74) is 0. The van der Waals surface area contributed by atoms with Crippen molar-refractivity contribution < 1.29 is 13.2 Å². The number of piperidine rings is 1. The van der Waals surface area contributed by atoms with Crippen LogP contribution >= 0.6 is 0 Å². The molecule has 5 heteroatoms. The van der Waals surface area contributed by atoms with Crippen molar-refractivity contribution in [3.8, 4) is 0 Å². The fourth-order valence-electron chi connectivity index (χ4n) is 3.20. The first kappa shape index (κ1) is 15.1. The van der Waals surface area contributed by atoms with E-state index in [1.165, 1.54) is 19.3 Å². The standard InChI is InChI=1S/C14H25F3N2/c1-2-11-6-13(18-10-14(15,16)17)9-19(7-11)8-12-4-3-5-12/h11-13,18H,2-10H2,1H3. The zero-order chi connectivity index (χ0) is 13.9. The maximum atomic E-state index is 12.3. The maximum Gasteiger partial charge on any atom is 0.401 e. The van der Waals surface area contributed by atoms with Crippen LogP contribution in [0, 0.1) is 11.8 Å². The van der Waals surface area contributed by atoms with Crippen LogP contribution < -0.4 is 5.32 Å². The van der Waals surface area contributed by atoms with Crippen molar-refractivity contribution in [2.45, 2.75) is 51.2 Å². The maximum absolute atomic E-state index is 12.3. The molecule has 0 amide bonds. The summed E-state index contributed by atoms with van der Waals surface area (Å²) in [5.74, 6) is 1.33. The number of rotatable bonds is 5. The van der Waals surface area contributed by atoms with Gasteiger partial charge in [-0.3, -0.25) is 0 Å². The van der Waals surface area contributed by atoms with Crippen LogP contribution in [0.4, 0.5) is 13.2 Å². The van der Waals surface area contributed by atoms with Crippen LogP contribution in [0.2, 0.25) is 0 Å².